The Morgan fingerprint density at radius 1 is 1.21 bits per heavy atom. The molecule has 1 aromatic carbocycles. The summed E-state index contributed by atoms with van der Waals surface area (Å²) in [4.78, 5) is 20.4. The van der Waals surface area contributed by atoms with Crippen molar-refractivity contribution in [2.75, 3.05) is 11.1 Å². The van der Waals surface area contributed by atoms with Crippen LogP contribution >= 0.6 is 11.8 Å². The third-order valence-electron chi connectivity index (χ3n) is 4.02. The fraction of sp³-hybridized carbons (Fsp3) is 0.222. The van der Waals surface area contributed by atoms with Crippen molar-refractivity contribution in [3.05, 3.63) is 53.5 Å². The molecular weight excluding hydrogens is 410 g/mol. The predicted octanol–water partition coefficient (Wildman–Crippen LogP) is 3.96. The molecule has 0 saturated heterocycles. The Labute approximate surface area is 167 Å². The Kier molecular flexibility index (Phi) is 6.16. The lowest BCUT2D eigenvalue weighted by molar-refractivity contribution is -0.113. The number of hydrogen-bond donors (Lipinski definition) is 1. The zero-order valence-corrected chi connectivity index (χ0v) is 16.2. The monoisotopic (exact) mass is 425 g/mol. The molecule has 0 aliphatic carbocycles. The maximum absolute atomic E-state index is 13.6. The number of nitrogens with zero attached hydrogens (tertiary/aromatic N) is 4. The summed E-state index contributed by atoms with van der Waals surface area (Å²) in [5.74, 6) is -7.76. The van der Waals surface area contributed by atoms with Gasteiger partial charge in [-0.05, 0) is 19.9 Å². The number of carbonyl (C=O) groups excluding carboxylic acids is 1. The van der Waals surface area contributed by atoms with Crippen LogP contribution in [-0.4, -0.2) is 31.4 Å². The van der Waals surface area contributed by atoms with Gasteiger partial charge in [0.25, 0.3) is 0 Å². The molecule has 2 heterocycles. The normalized spacial score (nSPS) is 11.0. The van der Waals surface area contributed by atoms with E-state index in [-0.39, 0.29) is 17.0 Å². The van der Waals surface area contributed by atoms with E-state index in [1.807, 2.05) is 19.2 Å². The van der Waals surface area contributed by atoms with E-state index in [1.54, 1.807) is 16.9 Å². The highest BCUT2D eigenvalue weighted by Crippen LogP contribution is 2.26. The number of carbonyl (C=O) groups is 1. The van der Waals surface area contributed by atoms with Gasteiger partial charge in [0.05, 0.1) is 17.6 Å². The molecule has 6 nitrogen and oxygen atoms in total. The highest BCUT2D eigenvalue weighted by molar-refractivity contribution is 7.99. The Morgan fingerprint density at radius 2 is 1.90 bits per heavy atom. The molecule has 0 atom stereocenters. The maximum atomic E-state index is 13.6. The van der Waals surface area contributed by atoms with E-state index >= 15 is 0 Å². The summed E-state index contributed by atoms with van der Waals surface area (Å²) in [5.41, 5.74) is 1.15. The van der Waals surface area contributed by atoms with Crippen LogP contribution in [0.2, 0.25) is 0 Å². The Bertz CT molecular complexity index is 1050. The Morgan fingerprint density at radius 3 is 2.52 bits per heavy atom. The van der Waals surface area contributed by atoms with Gasteiger partial charge in [-0.3, -0.25) is 9.48 Å². The second-order valence-electron chi connectivity index (χ2n) is 5.86. The van der Waals surface area contributed by atoms with Crippen LogP contribution in [0.5, 0.6) is 0 Å². The maximum Gasteiger partial charge on any atom is 0.235 e. The minimum Gasteiger partial charge on any atom is -0.320 e. The molecule has 0 saturated carbocycles. The van der Waals surface area contributed by atoms with Crippen molar-refractivity contribution in [2.24, 2.45) is 0 Å². The van der Waals surface area contributed by atoms with Crippen molar-refractivity contribution in [3.63, 3.8) is 0 Å². The molecule has 0 bridgehead atoms. The Balaban J connectivity index is 1.71. The van der Waals surface area contributed by atoms with Crippen LogP contribution in [0.15, 0.2) is 29.7 Å². The number of benzene rings is 1. The average molecular weight is 425 g/mol. The molecule has 0 aliphatic heterocycles. The quantitative estimate of drug-likeness (QED) is 0.280. The summed E-state index contributed by atoms with van der Waals surface area (Å²) in [5, 5.41) is 6.33. The van der Waals surface area contributed by atoms with Gasteiger partial charge in [0.1, 0.15) is 5.69 Å². The number of aryl methyl sites for hydroxylation is 1. The van der Waals surface area contributed by atoms with Crippen LogP contribution in [0.3, 0.4) is 0 Å². The fourth-order valence-electron chi connectivity index (χ4n) is 2.57. The van der Waals surface area contributed by atoms with Gasteiger partial charge in [-0.15, -0.1) is 0 Å². The second-order valence-corrected chi connectivity index (χ2v) is 6.81. The van der Waals surface area contributed by atoms with E-state index in [2.05, 4.69) is 15.1 Å². The van der Waals surface area contributed by atoms with Gasteiger partial charge < -0.3 is 5.32 Å². The van der Waals surface area contributed by atoms with Gasteiger partial charge in [-0.25, -0.2) is 27.5 Å². The molecule has 0 unspecified atom stereocenters. The molecule has 1 amide bonds. The van der Waals surface area contributed by atoms with Gasteiger partial charge in [-0.2, -0.15) is 5.10 Å². The van der Waals surface area contributed by atoms with Crippen molar-refractivity contribution in [1.29, 1.82) is 0 Å². The third-order valence-corrected chi connectivity index (χ3v) is 4.88. The molecule has 3 aromatic rings. The SMILES string of the molecule is CCn1ncc(-c2ccnc(SCC(=O)Nc3c(F)c(F)cc(F)c3F)n2)c1C. The molecule has 0 fully saturated rings. The molecule has 152 valence electrons. The first-order valence-electron chi connectivity index (χ1n) is 8.43. The van der Waals surface area contributed by atoms with Gasteiger partial charge in [0.15, 0.2) is 28.4 Å². The van der Waals surface area contributed by atoms with Gasteiger partial charge in [0.2, 0.25) is 5.91 Å². The highest BCUT2D eigenvalue weighted by atomic mass is 32.2. The lowest BCUT2D eigenvalue weighted by Gasteiger charge is -2.09. The van der Waals surface area contributed by atoms with E-state index in [4.69, 9.17) is 0 Å². The average Bonchev–Trinajstić information content (AvgIpc) is 3.09. The summed E-state index contributed by atoms with van der Waals surface area (Å²) < 4.78 is 55.5. The van der Waals surface area contributed by atoms with E-state index < -0.39 is 34.9 Å². The van der Waals surface area contributed by atoms with Crippen LogP contribution in [0, 0.1) is 30.2 Å². The molecule has 3 rings (SSSR count). The number of nitrogens with one attached hydrogen (secondary N) is 1. The summed E-state index contributed by atoms with van der Waals surface area (Å²) >= 11 is 0.901. The topological polar surface area (TPSA) is 72.7 Å². The van der Waals surface area contributed by atoms with Crippen molar-refractivity contribution in [3.8, 4) is 11.3 Å². The number of amides is 1. The first-order valence-corrected chi connectivity index (χ1v) is 9.41. The van der Waals surface area contributed by atoms with E-state index in [0.717, 1.165) is 23.0 Å². The van der Waals surface area contributed by atoms with Gasteiger partial charge >= 0.3 is 0 Å². The number of aromatic nitrogens is 4. The first-order chi connectivity index (χ1) is 13.8. The van der Waals surface area contributed by atoms with E-state index in [9.17, 15) is 22.4 Å². The van der Waals surface area contributed by atoms with Crippen LogP contribution in [-0.2, 0) is 11.3 Å². The standard InChI is InChI=1S/C18H15F4N5OS/c1-3-27-9(2)10(7-24-27)13-4-5-23-18(25-13)29-8-14(28)26-17-15(21)11(19)6-12(20)16(17)22/h4-7H,3,8H2,1-2H3,(H,26,28). The first kappa shape index (κ1) is 20.8. The van der Waals surface area contributed by atoms with Crippen molar-refractivity contribution in [2.45, 2.75) is 25.5 Å². The predicted molar refractivity (Wildman–Crippen MR) is 99.3 cm³/mol. The van der Waals surface area contributed by atoms with Gasteiger partial charge in [0, 0.05) is 30.1 Å². The highest BCUT2D eigenvalue weighted by Gasteiger charge is 2.21. The minimum absolute atomic E-state index is 0.0665. The van der Waals surface area contributed by atoms with Crippen LogP contribution in [0.1, 0.15) is 12.6 Å². The van der Waals surface area contributed by atoms with E-state index in [1.165, 1.54) is 6.20 Å². The molecule has 1 N–H and O–H groups in total. The van der Waals surface area contributed by atoms with Crippen molar-refractivity contribution in [1.82, 2.24) is 19.7 Å². The van der Waals surface area contributed by atoms with Crippen LogP contribution in [0.4, 0.5) is 23.2 Å². The summed E-state index contributed by atoms with van der Waals surface area (Å²) in [6.07, 6.45) is 3.18. The Hall–Kier alpha value is -2.95. The number of halogens is 4. The molecule has 11 heteroatoms. The molecular formula is C18H15F4N5OS. The van der Waals surface area contributed by atoms with Crippen LogP contribution < -0.4 is 5.32 Å². The smallest absolute Gasteiger partial charge is 0.235 e. The summed E-state index contributed by atoms with van der Waals surface area (Å²) in [7, 11) is 0. The zero-order valence-electron chi connectivity index (χ0n) is 15.3. The molecule has 29 heavy (non-hydrogen) atoms. The lowest BCUT2D eigenvalue weighted by atomic mass is 10.2. The lowest BCUT2D eigenvalue weighted by Crippen LogP contribution is -2.17. The van der Waals surface area contributed by atoms with Gasteiger partial charge in [-0.1, -0.05) is 11.8 Å². The zero-order chi connectivity index (χ0) is 21.1. The van der Waals surface area contributed by atoms with Crippen molar-refractivity contribution >= 4 is 23.4 Å². The number of anilines is 1. The second kappa shape index (κ2) is 8.60. The molecule has 0 aliphatic rings. The minimum atomic E-state index is -1.68. The molecule has 0 radical (unpaired) electrons. The number of hydrogen-bond acceptors (Lipinski definition) is 5. The van der Waals surface area contributed by atoms with Crippen LogP contribution in [0.25, 0.3) is 11.3 Å². The number of rotatable bonds is 6. The van der Waals surface area contributed by atoms with E-state index in [0.29, 0.717) is 12.2 Å². The fourth-order valence-corrected chi connectivity index (χ4v) is 3.20. The molecule has 0 spiro atoms. The molecule has 2 aromatic heterocycles. The summed E-state index contributed by atoms with van der Waals surface area (Å²) in [6, 6.07) is 1.76. The summed E-state index contributed by atoms with van der Waals surface area (Å²) in [6.45, 7) is 4.56. The third kappa shape index (κ3) is 4.39. The van der Waals surface area contributed by atoms with Crippen molar-refractivity contribution < 1.29 is 22.4 Å². The number of thioether (sulfide) groups is 1. The largest absolute Gasteiger partial charge is 0.320 e.